The topological polar surface area (TPSA) is 87.8 Å². The molecule has 0 fully saturated rings. The number of hydrogen-bond donors (Lipinski definition) is 1. The molecule has 0 radical (unpaired) electrons. The minimum absolute atomic E-state index is 0.121. The van der Waals surface area contributed by atoms with E-state index in [9.17, 15) is 14.9 Å². The van der Waals surface area contributed by atoms with Crippen LogP contribution in [0.4, 0.5) is 5.69 Å². The Bertz CT molecular complexity index is 1440. The standard InChI is InChI=1S/C26H17ClN4O2/c27-17-8-6-11-19(14-17)31-24-20-12-5-4-7-16(20)13-21(24)23(30-31)25(32)22(15-28)26(33)29-18-9-2-1-3-10-18/h1-12,14,22H,13H2,(H,29,33). The van der Waals surface area contributed by atoms with Gasteiger partial charge in [0, 0.05) is 28.3 Å². The maximum absolute atomic E-state index is 13.4. The summed E-state index contributed by atoms with van der Waals surface area (Å²) in [6, 6.07) is 25.6. The van der Waals surface area contributed by atoms with E-state index in [4.69, 9.17) is 11.6 Å². The molecule has 1 N–H and O–H groups in total. The first kappa shape index (κ1) is 20.7. The number of carbonyl (C=O) groups excluding carboxylic acids is 2. The largest absolute Gasteiger partial charge is 0.325 e. The van der Waals surface area contributed by atoms with Gasteiger partial charge in [0.05, 0.1) is 17.5 Å². The molecule has 33 heavy (non-hydrogen) atoms. The molecule has 7 heteroatoms. The first-order valence-corrected chi connectivity index (χ1v) is 10.7. The fourth-order valence-electron chi connectivity index (χ4n) is 4.09. The Kier molecular flexibility index (Phi) is 5.25. The van der Waals surface area contributed by atoms with Gasteiger partial charge in [0.1, 0.15) is 5.69 Å². The summed E-state index contributed by atoms with van der Waals surface area (Å²) in [5, 5.41) is 17.5. The number of amides is 1. The highest BCUT2D eigenvalue weighted by molar-refractivity contribution is 6.30. The van der Waals surface area contributed by atoms with Crippen molar-refractivity contribution in [3.05, 3.63) is 101 Å². The Morgan fingerprint density at radius 1 is 1.03 bits per heavy atom. The van der Waals surface area contributed by atoms with Crippen LogP contribution < -0.4 is 5.32 Å². The Morgan fingerprint density at radius 3 is 2.55 bits per heavy atom. The molecule has 1 amide bonds. The zero-order valence-electron chi connectivity index (χ0n) is 17.3. The van der Waals surface area contributed by atoms with Crippen molar-refractivity contribution in [2.75, 3.05) is 5.32 Å². The lowest BCUT2D eigenvalue weighted by Gasteiger charge is -2.09. The summed E-state index contributed by atoms with van der Waals surface area (Å²) in [6.45, 7) is 0. The lowest BCUT2D eigenvalue weighted by molar-refractivity contribution is -0.117. The van der Waals surface area contributed by atoms with Gasteiger partial charge >= 0.3 is 0 Å². The number of benzene rings is 3. The number of halogens is 1. The van der Waals surface area contributed by atoms with Crippen molar-refractivity contribution in [2.24, 2.45) is 5.92 Å². The van der Waals surface area contributed by atoms with Crippen LogP contribution in [0, 0.1) is 17.2 Å². The molecule has 0 aliphatic heterocycles. The summed E-state index contributed by atoms with van der Waals surface area (Å²) in [6.07, 6.45) is 0.492. The predicted octanol–water partition coefficient (Wildman–Crippen LogP) is 5.06. The van der Waals surface area contributed by atoms with Crippen molar-refractivity contribution >= 4 is 29.0 Å². The van der Waals surface area contributed by atoms with Crippen LogP contribution >= 0.6 is 11.6 Å². The summed E-state index contributed by atoms with van der Waals surface area (Å²) >= 11 is 6.20. The van der Waals surface area contributed by atoms with Crippen LogP contribution in [0.5, 0.6) is 0 Å². The van der Waals surface area contributed by atoms with E-state index in [0.29, 0.717) is 28.4 Å². The molecule has 5 rings (SSSR count). The third-order valence-corrected chi connectivity index (χ3v) is 5.84. The molecular formula is C26H17ClN4O2. The van der Waals surface area contributed by atoms with Crippen LogP contribution in [0.2, 0.25) is 5.02 Å². The highest BCUT2D eigenvalue weighted by atomic mass is 35.5. The zero-order chi connectivity index (χ0) is 22.9. The van der Waals surface area contributed by atoms with Crippen LogP contribution in [0.15, 0.2) is 78.9 Å². The van der Waals surface area contributed by atoms with E-state index in [2.05, 4.69) is 10.4 Å². The monoisotopic (exact) mass is 452 g/mol. The number of nitrogens with one attached hydrogen (secondary N) is 1. The molecule has 160 valence electrons. The number of ketones is 1. The summed E-state index contributed by atoms with van der Waals surface area (Å²) < 4.78 is 1.67. The second kappa shape index (κ2) is 8.38. The van der Waals surface area contributed by atoms with Crippen LogP contribution in [0.25, 0.3) is 16.9 Å². The number of aromatic nitrogens is 2. The van der Waals surface area contributed by atoms with Crippen molar-refractivity contribution in [1.82, 2.24) is 9.78 Å². The van der Waals surface area contributed by atoms with E-state index in [1.807, 2.05) is 42.5 Å². The van der Waals surface area contributed by atoms with Crippen LogP contribution in [-0.2, 0) is 11.2 Å². The first-order valence-electron chi connectivity index (χ1n) is 10.3. The summed E-state index contributed by atoms with van der Waals surface area (Å²) in [5.41, 5.74) is 4.81. The average molecular weight is 453 g/mol. The molecule has 3 aromatic carbocycles. The molecule has 0 bridgehead atoms. The van der Waals surface area contributed by atoms with Crippen molar-refractivity contribution < 1.29 is 9.59 Å². The Labute approximate surface area is 195 Å². The fourth-order valence-corrected chi connectivity index (χ4v) is 4.28. The number of anilines is 1. The van der Waals surface area contributed by atoms with Gasteiger partial charge in [-0.15, -0.1) is 0 Å². The van der Waals surface area contributed by atoms with Gasteiger partial charge < -0.3 is 5.32 Å². The third kappa shape index (κ3) is 3.69. The first-order chi connectivity index (χ1) is 16.1. The molecule has 1 heterocycles. The number of hydrogen-bond acceptors (Lipinski definition) is 4. The minimum Gasteiger partial charge on any atom is -0.325 e. The van der Waals surface area contributed by atoms with E-state index in [0.717, 1.165) is 16.8 Å². The number of nitriles is 1. The van der Waals surface area contributed by atoms with Crippen LogP contribution in [-0.4, -0.2) is 21.5 Å². The van der Waals surface area contributed by atoms with E-state index < -0.39 is 17.6 Å². The molecule has 1 atom stereocenters. The number of para-hydroxylation sites is 1. The van der Waals surface area contributed by atoms with Gasteiger partial charge in [0.15, 0.2) is 5.92 Å². The SMILES string of the molecule is N#CC(C(=O)Nc1ccccc1)C(=O)c1nn(-c2cccc(Cl)c2)c2c1Cc1ccccc1-2. The Balaban J connectivity index is 1.58. The predicted molar refractivity (Wildman–Crippen MR) is 125 cm³/mol. The van der Waals surface area contributed by atoms with Gasteiger partial charge in [-0.3, -0.25) is 9.59 Å². The average Bonchev–Trinajstić information content (AvgIpc) is 3.37. The normalized spacial score (nSPS) is 12.4. The molecule has 0 saturated heterocycles. The molecule has 1 unspecified atom stereocenters. The molecular weight excluding hydrogens is 436 g/mol. The minimum atomic E-state index is -1.53. The quantitative estimate of drug-likeness (QED) is 0.298. The number of rotatable bonds is 5. The van der Waals surface area contributed by atoms with Gasteiger partial charge in [-0.1, -0.05) is 60.1 Å². The van der Waals surface area contributed by atoms with Crippen molar-refractivity contribution in [1.29, 1.82) is 5.26 Å². The Morgan fingerprint density at radius 2 is 1.79 bits per heavy atom. The van der Waals surface area contributed by atoms with Gasteiger partial charge in [-0.05, 0) is 35.9 Å². The zero-order valence-corrected chi connectivity index (χ0v) is 18.1. The molecule has 1 aliphatic rings. The highest BCUT2D eigenvalue weighted by Crippen LogP contribution is 2.40. The smallest absolute Gasteiger partial charge is 0.249 e. The van der Waals surface area contributed by atoms with E-state index in [1.54, 1.807) is 47.1 Å². The van der Waals surface area contributed by atoms with E-state index in [1.165, 1.54) is 0 Å². The highest BCUT2D eigenvalue weighted by Gasteiger charge is 2.36. The molecule has 6 nitrogen and oxygen atoms in total. The number of Topliss-reactive ketones (excluding diaryl/α,β-unsaturated/α-hetero) is 1. The molecule has 1 aliphatic carbocycles. The molecule has 0 spiro atoms. The fraction of sp³-hybridized carbons (Fsp3) is 0.0769. The Hall–Kier alpha value is -4.21. The van der Waals surface area contributed by atoms with Crippen molar-refractivity contribution in [3.63, 3.8) is 0 Å². The van der Waals surface area contributed by atoms with Gasteiger partial charge in [-0.2, -0.15) is 10.4 Å². The van der Waals surface area contributed by atoms with Crippen LogP contribution in [0.1, 0.15) is 21.6 Å². The molecule has 1 aromatic heterocycles. The van der Waals surface area contributed by atoms with Gasteiger partial charge in [0.2, 0.25) is 11.7 Å². The van der Waals surface area contributed by atoms with E-state index >= 15 is 0 Å². The lowest BCUT2D eigenvalue weighted by atomic mass is 9.98. The van der Waals surface area contributed by atoms with Crippen LogP contribution in [0.3, 0.4) is 0 Å². The molecule has 0 saturated carbocycles. The second-order valence-corrected chi connectivity index (χ2v) is 8.12. The molecule has 4 aromatic rings. The number of carbonyl (C=O) groups is 2. The van der Waals surface area contributed by atoms with Crippen molar-refractivity contribution in [3.8, 4) is 23.0 Å². The van der Waals surface area contributed by atoms with E-state index in [-0.39, 0.29) is 5.69 Å². The number of fused-ring (bicyclic) bond motifs is 3. The van der Waals surface area contributed by atoms with Gasteiger partial charge in [0.25, 0.3) is 0 Å². The lowest BCUT2D eigenvalue weighted by Crippen LogP contribution is -2.29. The summed E-state index contributed by atoms with van der Waals surface area (Å²) in [7, 11) is 0. The van der Waals surface area contributed by atoms with Gasteiger partial charge in [-0.25, -0.2) is 4.68 Å². The maximum Gasteiger partial charge on any atom is 0.249 e. The summed E-state index contributed by atoms with van der Waals surface area (Å²) in [4.78, 5) is 26.2. The van der Waals surface area contributed by atoms with Crippen molar-refractivity contribution in [2.45, 2.75) is 6.42 Å². The maximum atomic E-state index is 13.4. The number of nitrogens with zero attached hydrogens (tertiary/aromatic N) is 3. The third-order valence-electron chi connectivity index (χ3n) is 5.60. The second-order valence-electron chi connectivity index (χ2n) is 7.68. The summed E-state index contributed by atoms with van der Waals surface area (Å²) in [5.74, 6) is -2.84.